The van der Waals surface area contributed by atoms with E-state index in [-0.39, 0.29) is 11.9 Å². The third kappa shape index (κ3) is 4.19. The highest BCUT2D eigenvalue weighted by atomic mass is 16.5. The zero-order valence-electron chi connectivity index (χ0n) is 13.7. The molecule has 2 atom stereocenters. The molecule has 1 amide bonds. The van der Waals surface area contributed by atoms with E-state index in [2.05, 4.69) is 27.5 Å². The lowest BCUT2D eigenvalue weighted by Crippen LogP contribution is -2.56. The summed E-state index contributed by atoms with van der Waals surface area (Å²) in [6, 6.07) is 0.517. The van der Waals surface area contributed by atoms with E-state index in [9.17, 15) is 4.79 Å². The van der Waals surface area contributed by atoms with Crippen LogP contribution in [0.15, 0.2) is 0 Å². The summed E-state index contributed by atoms with van der Waals surface area (Å²) < 4.78 is 5.66. The molecule has 3 aliphatic rings. The smallest absolute Gasteiger partial charge is 0.220 e. The van der Waals surface area contributed by atoms with Gasteiger partial charge in [0.2, 0.25) is 5.91 Å². The molecule has 2 unspecified atom stereocenters. The van der Waals surface area contributed by atoms with E-state index in [0.29, 0.717) is 25.0 Å². The average Bonchev–Trinajstić information content (AvgIpc) is 2.97. The van der Waals surface area contributed by atoms with E-state index >= 15 is 0 Å². The second-order valence-electron chi connectivity index (χ2n) is 7.02. The molecule has 0 aromatic rings. The number of rotatable bonds is 4. The lowest BCUT2D eigenvalue weighted by Gasteiger charge is -2.38. The fourth-order valence-corrected chi connectivity index (χ4v) is 3.81. The number of piperazine rings is 1. The summed E-state index contributed by atoms with van der Waals surface area (Å²) in [6.07, 6.45) is 2.92. The van der Waals surface area contributed by atoms with Gasteiger partial charge in [-0.15, -0.1) is 0 Å². The number of carbonyl (C=O) groups excluding carboxylic acids is 1. The van der Waals surface area contributed by atoms with Gasteiger partial charge in [0.1, 0.15) is 0 Å². The first-order chi connectivity index (χ1) is 10.7. The van der Waals surface area contributed by atoms with Gasteiger partial charge in [-0.05, 0) is 38.9 Å². The van der Waals surface area contributed by atoms with Gasteiger partial charge in [-0.25, -0.2) is 0 Å². The molecule has 126 valence electrons. The van der Waals surface area contributed by atoms with E-state index in [1.54, 1.807) is 0 Å². The Morgan fingerprint density at radius 3 is 2.64 bits per heavy atom. The van der Waals surface area contributed by atoms with Crippen molar-refractivity contribution in [3.05, 3.63) is 0 Å². The molecular formula is C16H30N4O2. The Labute approximate surface area is 133 Å². The highest BCUT2D eigenvalue weighted by molar-refractivity contribution is 5.76. The first-order valence-corrected chi connectivity index (χ1v) is 8.73. The Morgan fingerprint density at radius 1 is 1.18 bits per heavy atom. The minimum Gasteiger partial charge on any atom is -0.378 e. The molecule has 3 aliphatic heterocycles. The number of amides is 1. The third-order valence-electron chi connectivity index (χ3n) is 5.34. The second-order valence-corrected chi connectivity index (χ2v) is 7.02. The van der Waals surface area contributed by atoms with E-state index in [4.69, 9.17) is 4.74 Å². The second kappa shape index (κ2) is 7.73. The molecule has 22 heavy (non-hydrogen) atoms. The number of hydrogen-bond donors (Lipinski definition) is 2. The lowest BCUT2D eigenvalue weighted by atomic mass is 9.94. The topological polar surface area (TPSA) is 56.8 Å². The Bertz CT molecular complexity index is 365. The molecule has 0 saturated carbocycles. The molecule has 6 heteroatoms. The predicted octanol–water partition coefficient (Wildman–Crippen LogP) is -0.493. The summed E-state index contributed by atoms with van der Waals surface area (Å²) in [5.74, 6) is 0.757. The summed E-state index contributed by atoms with van der Waals surface area (Å²) in [6.45, 7) is 7.87. The van der Waals surface area contributed by atoms with Gasteiger partial charge in [-0.1, -0.05) is 0 Å². The van der Waals surface area contributed by atoms with Gasteiger partial charge in [0.15, 0.2) is 0 Å². The van der Waals surface area contributed by atoms with Crippen molar-refractivity contribution in [2.45, 2.75) is 31.3 Å². The maximum absolute atomic E-state index is 12.3. The van der Waals surface area contributed by atoms with Crippen molar-refractivity contribution in [3.63, 3.8) is 0 Å². The van der Waals surface area contributed by atoms with Crippen LogP contribution in [-0.4, -0.2) is 87.3 Å². The van der Waals surface area contributed by atoms with E-state index < -0.39 is 0 Å². The minimum atomic E-state index is 0.164. The number of carbonyl (C=O) groups is 1. The maximum Gasteiger partial charge on any atom is 0.220 e. The molecule has 3 fully saturated rings. The maximum atomic E-state index is 12.3. The van der Waals surface area contributed by atoms with Crippen molar-refractivity contribution in [3.8, 4) is 0 Å². The van der Waals surface area contributed by atoms with Crippen molar-refractivity contribution in [2.24, 2.45) is 5.92 Å². The van der Waals surface area contributed by atoms with Crippen molar-refractivity contribution in [2.75, 3.05) is 59.5 Å². The Balaban J connectivity index is 1.47. The molecule has 0 aliphatic carbocycles. The largest absolute Gasteiger partial charge is 0.378 e. The van der Waals surface area contributed by atoms with E-state index in [0.717, 1.165) is 58.7 Å². The normalized spacial score (nSPS) is 32.2. The zero-order valence-corrected chi connectivity index (χ0v) is 13.7. The highest BCUT2D eigenvalue weighted by Crippen LogP contribution is 2.18. The lowest BCUT2D eigenvalue weighted by molar-refractivity contribution is -0.123. The molecule has 3 rings (SSSR count). The van der Waals surface area contributed by atoms with Crippen molar-refractivity contribution in [1.29, 1.82) is 0 Å². The number of piperidine rings is 1. The van der Waals surface area contributed by atoms with Crippen molar-refractivity contribution < 1.29 is 9.53 Å². The van der Waals surface area contributed by atoms with Crippen LogP contribution < -0.4 is 10.6 Å². The SMILES string of the molecule is CN1CCN(C2COCC2NC(=O)CC2CCNCC2)CC1. The number of hydrogen-bond acceptors (Lipinski definition) is 5. The zero-order chi connectivity index (χ0) is 15.4. The van der Waals surface area contributed by atoms with Gasteiger partial charge in [0, 0.05) is 32.6 Å². The number of nitrogens with one attached hydrogen (secondary N) is 2. The van der Waals surface area contributed by atoms with E-state index in [1.807, 2.05) is 0 Å². The molecular weight excluding hydrogens is 280 g/mol. The molecule has 0 aromatic carbocycles. The molecule has 3 saturated heterocycles. The van der Waals surface area contributed by atoms with Gasteiger partial charge in [-0.3, -0.25) is 9.69 Å². The van der Waals surface area contributed by atoms with Gasteiger partial charge in [0.25, 0.3) is 0 Å². The molecule has 3 heterocycles. The van der Waals surface area contributed by atoms with Gasteiger partial charge in [-0.2, -0.15) is 0 Å². The van der Waals surface area contributed by atoms with Gasteiger partial charge < -0.3 is 20.3 Å². The van der Waals surface area contributed by atoms with Crippen LogP contribution in [0, 0.1) is 5.92 Å². The molecule has 0 spiro atoms. The molecule has 0 bridgehead atoms. The summed E-state index contributed by atoms with van der Waals surface area (Å²) in [5, 5.41) is 6.60. The van der Waals surface area contributed by atoms with Gasteiger partial charge in [0.05, 0.1) is 25.3 Å². The Morgan fingerprint density at radius 2 is 1.91 bits per heavy atom. The van der Waals surface area contributed by atoms with Crippen LogP contribution in [-0.2, 0) is 9.53 Å². The van der Waals surface area contributed by atoms with Crippen molar-refractivity contribution in [1.82, 2.24) is 20.4 Å². The van der Waals surface area contributed by atoms with Crippen LogP contribution in [0.25, 0.3) is 0 Å². The molecule has 0 aromatic heterocycles. The standard InChI is InChI=1S/C16H30N4O2/c1-19-6-8-20(9-7-19)15-12-22-11-14(15)18-16(21)10-13-2-4-17-5-3-13/h13-15,17H,2-12H2,1H3,(H,18,21). The predicted molar refractivity (Wildman–Crippen MR) is 85.8 cm³/mol. The summed E-state index contributed by atoms with van der Waals surface area (Å²) in [7, 11) is 2.17. The quantitative estimate of drug-likeness (QED) is 0.734. The fourth-order valence-electron chi connectivity index (χ4n) is 3.81. The van der Waals surface area contributed by atoms with Crippen LogP contribution in [0.5, 0.6) is 0 Å². The van der Waals surface area contributed by atoms with Crippen LogP contribution in [0.4, 0.5) is 0 Å². The van der Waals surface area contributed by atoms with Crippen LogP contribution in [0.3, 0.4) is 0 Å². The first kappa shape index (κ1) is 16.2. The highest BCUT2D eigenvalue weighted by Gasteiger charge is 2.35. The average molecular weight is 310 g/mol. The van der Waals surface area contributed by atoms with Crippen LogP contribution in [0.2, 0.25) is 0 Å². The Kier molecular flexibility index (Phi) is 5.68. The summed E-state index contributed by atoms with van der Waals surface area (Å²) in [5.41, 5.74) is 0. The van der Waals surface area contributed by atoms with Crippen molar-refractivity contribution >= 4 is 5.91 Å². The monoisotopic (exact) mass is 310 g/mol. The minimum absolute atomic E-state index is 0.164. The summed E-state index contributed by atoms with van der Waals surface area (Å²) >= 11 is 0. The van der Waals surface area contributed by atoms with Gasteiger partial charge >= 0.3 is 0 Å². The number of ether oxygens (including phenoxy) is 1. The Hall–Kier alpha value is -0.690. The molecule has 6 nitrogen and oxygen atoms in total. The molecule has 2 N–H and O–H groups in total. The summed E-state index contributed by atoms with van der Waals surface area (Å²) in [4.78, 5) is 17.2. The number of likely N-dealkylation sites (N-methyl/N-ethyl adjacent to an activating group) is 1. The number of nitrogens with zero attached hydrogens (tertiary/aromatic N) is 2. The van der Waals surface area contributed by atoms with E-state index in [1.165, 1.54) is 0 Å². The fraction of sp³-hybridized carbons (Fsp3) is 0.938. The van der Waals surface area contributed by atoms with Crippen LogP contribution in [0.1, 0.15) is 19.3 Å². The first-order valence-electron chi connectivity index (χ1n) is 8.73. The third-order valence-corrected chi connectivity index (χ3v) is 5.34. The molecule has 0 radical (unpaired) electrons. The van der Waals surface area contributed by atoms with Crippen LogP contribution >= 0.6 is 0 Å².